The molecule has 1 aromatic heterocycles. The topological polar surface area (TPSA) is 64.4 Å². The van der Waals surface area contributed by atoms with Crippen molar-refractivity contribution in [1.82, 2.24) is 10.5 Å². The molecule has 0 saturated heterocycles. The molecule has 0 aliphatic heterocycles. The number of amides is 1. The Kier molecular flexibility index (Phi) is 4.29. The maximum Gasteiger partial charge on any atom is 0.387 e. The van der Waals surface area contributed by atoms with Crippen molar-refractivity contribution in [2.24, 2.45) is 0 Å². The van der Waals surface area contributed by atoms with E-state index in [9.17, 15) is 13.6 Å². The standard InChI is InChI=1S/C13H12F2N2O3/c1-8-6-10(17-20-8)7-16-12(18)9-2-4-11(5-3-9)19-13(14)15/h2-6,13H,7H2,1H3,(H,16,18). The molecular formula is C13H12F2N2O3. The minimum atomic E-state index is -2.88. The second-order valence-electron chi connectivity index (χ2n) is 4.01. The van der Waals surface area contributed by atoms with Crippen LogP contribution in [-0.4, -0.2) is 17.7 Å². The maximum atomic E-state index is 12.0. The largest absolute Gasteiger partial charge is 0.435 e. The van der Waals surface area contributed by atoms with E-state index >= 15 is 0 Å². The Morgan fingerprint density at radius 3 is 2.65 bits per heavy atom. The molecule has 1 aromatic carbocycles. The monoisotopic (exact) mass is 282 g/mol. The number of aryl methyl sites for hydroxylation is 1. The van der Waals surface area contributed by atoms with Crippen molar-refractivity contribution in [3.8, 4) is 5.75 Å². The molecule has 0 aliphatic rings. The zero-order valence-corrected chi connectivity index (χ0v) is 10.6. The van der Waals surface area contributed by atoms with Crippen LogP contribution in [0, 0.1) is 6.92 Å². The first-order valence-electron chi connectivity index (χ1n) is 5.80. The van der Waals surface area contributed by atoms with E-state index in [-0.39, 0.29) is 18.2 Å². The van der Waals surface area contributed by atoms with Gasteiger partial charge in [0.25, 0.3) is 5.91 Å². The second-order valence-corrected chi connectivity index (χ2v) is 4.01. The number of nitrogens with one attached hydrogen (secondary N) is 1. The van der Waals surface area contributed by atoms with Crippen LogP contribution < -0.4 is 10.1 Å². The van der Waals surface area contributed by atoms with Gasteiger partial charge in [-0.05, 0) is 31.2 Å². The minimum Gasteiger partial charge on any atom is -0.435 e. The summed E-state index contributed by atoms with van der Waals surface area (Å²) >= 11 is 0. The van der Waals surface area contributed by atoms with Crippen LogP contribution in [-0.2, 0) is 6.54 Å². The van der Waals surface area contributed by atoms with Crippen LogP contribution in [0.5, 0.6) is 5.75 Å². The van der Waals surface area contributed by atoms with E-state index in [1.807, 2.05) is 0 Å². The average molecular weight is 282 g/mol. The van der Waals surface area contributed by atoms with E-state index in [0.29, 0.717) is 17.0 Å². The number of carbonyl (C=O) groups is 1. The first kappa shape index (κ1) is 14.0. The highest BCUT2D eigenvalue weighted by Crippen LogP contribution is 2.14. The van der Waals surface area contributed by atoms with Gasteiger partial charge in [-0.3, -0.25) is 4.79 Å². The Morgan fingerprint density at radius 2 is 2.10 bits per heavy atom. The van der Waals surface area contributed by atoms with E-state index in [0.717, 1.165) is 0 Å². The third kappa shape index (κ3) is 3.78. The maximum absolute atomic E-state index is 12.0. The summed E-state index contributed by atoms with van der Waals surface area (Å²) in [5.74, 6) is 0.320. The van der Waals surface area contributed by atoms with Gasteiger partial charge in [-0.15, -0.1) is 0 Å². The van der Waals surface area contributed by atoms with Gasteiger partial charge in [0.1, 0.15) is 17.2 Å². The zero-order chi connectivity index (χ0) is 14.5. The number of alkyl halides is 2. The molecule has 2 aromatic rings. The molecule has 5 nitrogen and oxygen atoms in total. The molecule has 1 heterocycles. The Morgan fingerprint density at radius 1 is 1.40 bits per heavy atom. The SMILES string of the molecule is Cc1cc(CNC(=O)c2ccc(OC(F)F)cc2)no1. The van der Waals surface area contributed by atoms with Crippen molar-refractivity contribution in [1.29, 1.82) is 0 Å². The Balaban J connectivity index is 1.92. The summed E-state index contributed by atoms with van der Waals surface area (Å²) in [4.78, 5) is 11.8. The van der Waals surface area contributed by atoms with Crippen LogP contribution >= 0.6 is 0 Å². The molecule has 0 unspecified atom stereocenters. The lowest BCUT2D eigenvalue weighted by Crippen LogP contribution is -2.22. The number of halogens is 2. The average Bonchev–Trinajstić information content (AvgIpc) is 2.82. The number of hydrogen-bond acceptors (Lipinski definition) is 4. The molecule has 2 rings (SSSR count). The quantitative estimate of drug-likeness (QED) is 0.915. The Bertz CT molecular complexity index is 582. The van der Waals surface area contributed by atoms with Gasteiger partial charge in [-0.1, -0.05) is 5.16 Å². The number of hydrogen-bond donors (Lipinski definition) is 1. The van der Waals surface area contributed by atoms with E-state index in [1.165, 1.54) is 24.3 Å². The molecule has 0 atom stereocenters. The lowest BCUT2D eigenvalue weighted by Gasteiger charge is -2.06. The molecule has 106 valence electrons. The molecule has 0 spiro atoms. The normalized spacial score (nSPS) is 10.6. The van der Waals surface area contributed by atoms with Crippen LogP contribution in [0.2, 0.25) is 0 Å². The number of nitrogens with zero attached hydrogens (tertiary/aromatic N) is 1. The molecule has 0 aliphatic carbocycles. The predicted octanol–water partition coefficient (Wildman–Crippen LogP) is 2.51. The lowest BCUT2D eigenvalue weighted by molar-refractivity contribution is -0.0498. The highest BCUT2D eigenvalue weighted by atomic mass is 19.3. The van der Waals surface area contributed by atoms with Crippen LogP contribution in [0.3, 0.4) is 0 Å². The summed E-state index contributed by atoms with van der Waals surface area (Å²) in [5.41, 5.74) is 0.945. The van der Waals surface area contributed by atoms with Gasteiger partial charge in [-0.25, -0.2) is 0 Å². The van der Waals surface area contributed by atoms with E-state index < -0.39 is 6.61 Å². The van der Waals surface area contributed by atoms with Gasteiger partial charge in [0.15, 0.2) is 0 Å². The van der Waals surface area contributed by atoms with Crippen molar-refractivity contribution in [2.75, 3.05) is 0 Å². The summed E-state index contributed by atoms with van der Waals surface area (Å²) in [6.45, 7) is -0.906. The van der Waals surface area contributed by atoms with Crippen molar-refractivity contribution < 1.29 is 22.8 Å². The molecule has 1 amide bonds. The van der Waals surface area contributed by atoms with Crippen molar-refractivity contribution in [3.05, 3.63) is 47.3 Å². The first-order chi connectivity index (χ1) is 9.54. The predicted molar refractivity (Wildman–Crippen MR) is 65.5 cm³/mol. The summed E-state index contributed by atoms with van der Waals surface area (Å²) < 4.78 is 33.0. The highest BCUT2D eigenvalue weighted by molar-refractivity contribution is 5.94. The fraction of sp³-hybridized carbons (Fsp3) is 0.231. The molecular weight excluding hydrogens is 270 g/mol. The molecule has 7 heteroatoms. The summed E-state index contributed by atoms with van der Waals surface area (Å²) in [6.07, 6.45) is 0. The van der Waals surface area contributed by atoms with E-state index in [1.54, 1.807) is 13.0 Å². The molecule has 0 fully saturated rings. The molecule has 0 saturated carbocycles. The van der Waals surface area contributed by atoms with Crippen molar-refractivity contribution in [3.63, 3.8) is 0 Å². The molecule has 20 heavy (non-hydrogen) atoms. The third-order valence-electron chi connectivity index (χ3n) is 2.45. The lowest BCUT2D eigenvalue weighted by atomic mass is 10.2. The van der Waals surface area contributed by atoms with Crippen LogP contribution in [0.1, 0.15) is 21.8 Å². The first-order valence-corrected chi connectivity index (χ1v) is 5.80. The summed E-state index contributed by atoms with van der Waals surface area (Å²) in [7, 11) is 0. The van der Waals surface area contributed by atoms with E-state index in [2.05, 4.69) is 15.2 Å². The number of rotatable bonds is 5. The van der Waals surface area contributed by atoms with Gasteiger partial charge in [0.05, 0.1) is 6.54 Å². The Labute approximate surface area is 113 Å². The van der Waals surface area contributed by atoms with E-state index in [4.69, 9.17) is 4.52 Å². The van der Waals surface area contributed by atoms with Crippen LogP contribution in [0.25, 0.3) is 0 Å². The second kappa shape index (κ2) is 6.14. The van der Waals surface area contributed by atoms with Gasteiger partial charge in [0.2, 0.25) is 0 Å². The summed E-state index contributed by atoms with van der Waals surface area (Å²) in [6, 6.07) is 7.13. The zero-order valence-electron chi connectivity index (χ0n) is 10.6. The van der Waals surface area contributed by atoms with Crippen LogP contribution in [0.4, 0.5) is 8.78 Å². The molecule has 1 N–H and O–H groups in total. The number of ether oxygens (including phenoxy) is 1. The summed E-state index contributed by atoms with van der Waals surface area (Å²) in [5, 5.41) is 6.37. The van der Waals surface area contributed by atoms with Gasteiger partial charge in [0, 0.05) is 11.6 Å². The molecule has 0 bridgehead atoms. The van der Waals surface area contributed by atoms with Crippen molar-refractivity contribution in [2.45, 2.75) is 20.1 Å². The fourth-order valence-electron chi connectivity index (χ4n) is 1.56. The highest BCUT2D eigenvalue weighted by Gasteiger charge is 2.09. The third-order valence-corrected chi connectivity index (χ3v) is 2.45. The number of aromatic nitrogens is 1. The fourth-order valence-corrected chi connectivity index (χ4v) is 1.56. The molecule has 0 radical (unpaired) electrons. The number of benzene rings is 1. The Hall–Kier alpha value is -2.44. The van der Waals surface area contributed by atoms with Crippen LogP contribution in [0.15, 0.2) is 34.9 Å². The smallest absolute Gasteiger partial charge is 0.387 e. The number of carbonyl (C=O) groups excluding carboxylic acids is 1. The minimum absolute atomic E-state index is 0.00340. The van der Waals surface area contributed by atoms with Gasteiger partial charge >= 0.3 is 6.61 Å². The van der Waals surface area contributed by atoms with Crippen molar-refractivity contribution >= 4 is 5.91 Å². The van der Waals surface area contributed by atoms with Gasteiger partial charge < -0.3 is 14.6 Å². The van der Waals surface area contributed by atoms with Gasteiger partial charge in [-0.2, -0.15) is 8.78 Å².